The van der Waals surface area contributed by atoms with Crippen molar-refractivity contribution in [1.29, 1.82) is 0 Å². The first kappa shape index (κ1) is 25.7. The lowest BCUT2D eigenvalue weighted by atomic mass is 9.96. The molecule has 0 N–H and O–H groups in total. The van der Waals surface area contributed by atoms with Crippen molar-refractivity contribution in [3.63, 3.8) is 0 Å². The number of hydrogen-bond acceptors (Lipinski definition) is 5. The Balaban J connectivity index is 1.26. The third kappa shape index (κ3) is 4.95. The molecule has 0 bridgehead atoms. The van der Waals surface area contributed by atoms with Crippen molar-refractivity contribution in [3.05, 3.63) is 95.6 Å². The number of hydrogen-bond donors (Lipinski definition) is 0. The third-order valence-electron chi connectivity index (χ3n) is 7.86. The summed E-state index contributed by atoms with van der Waals surface area (Å²) in [5.41, 5.74) is 5.38. The van der Waals surface area contributed by atoms with Gasteiger partial charge < -0.3 is 9.32 Å². The van der Waals surface area contributed by atoms with Crippen LogP contribution in [0.25, 0.3) is 22.6 Å². The zero-order chi connectivity index (χ0) is 27.6. The van der Waals surface area contributed by atoms with E-state index < -0.39 is 6.04 Å². The fraction of sp³-hybridized carbons (Fsp3) is 0.273. The summed E-state index contributed by atoms with van der Waals surface area (Å²) in [6, 6.07) is 21.1. The normalized spacial score (nSPS) is 17.4. The van der Waals surface area contributed by atoms with E-state index in [2.05, 4.69) is 11.1 Å². The van der Waals surface area contributed by atoms with Crippen LogP contribution in [0.15, 0.2) is 88.9 Å². The molecule has 7 nitrogen and oxygen atoms in total. The topological polar surface area (TPSA) is 83.7 Å². The number of aromatic nitrogens is 1. The lowest BCUT2D eigenvalue weighted by Gasteiger charge is -2.29. The van der Waals surface area contributed by atoms with Crippen molar-refractivity contribution < 1.29 is 18.8 Å². The average molecular weight is 534 g/mol. The minimum absolute atomic E-state index is 0.0393. The SMILES string of the molecule is Cc1ccccc1C(=O)N(CCC1=CCCCC1)C1CC(=O)N(c2ccc(-c3nc4ccccc4o3)cc2)C1=O. The summed E-state index contributed by atoms with van der Waals surface area (Å²) < 4.78 is 5.86. The maximum absolute atomic E-state index is 13.8. The van der Waals surface area contributed by atoms with Crippen LogP contribution < -0.4 is 4.90 Å². The molecule has 1 fully saturated rings. The molecule has 1 aromatic heterocycles. The molecule has 0 saturated carbocycles. The highest BCUT2D eigenvalue weighted by molar-refractivity contribution is 6.23. The monoisotopic (exact) mass is 533 g/mol. The van der Waals surface area contributed by atoms with Crippen LogP contribution in [-0.4, -0.2) is 40.2 Å². The summed E-state index contributed by atoms with van der Waals surface area (Å²) >= 11 is 0. The Morgan fingerprint density at radius 3 is 2.52 bits per heavy atom. The second kappa shape index (κ2) is 10.9. The predicted octanol–water partition coefficient (Wildman–Crippen LogP) is 6.47. The molecular formula is C33H31N3O4. The maximum atomic E-state index is 13.8. The van der Waals surface area contributed by atoms with Crippen molar-refractivity contribution in [1.82, 2.24) is 9.88 Å². The predicted molar refractivity (Wildman–Crippen MR) is 154 cm³/mol. The van der Waals surface area contributed by atoms with Gasteiger partial charge in [-0.25, -0.2) is 9.88 Å². The van der Waals surface area contributed by atoms with E-state index in [4.69, 9.17) is 4.42 Å². The number of aryl methyl sites for hydroxylation is 1. The van der Waals surface area contributed by atoms with Gasteiger partial charge in [-0.15, -0.1) is 0 Å². The van der Waals surface area contributed by atoms with E-state index in [0.717, 1.165) is 35.9 Å². The number of fused-ring (bicyclic) bond motifs is 1. The summed E-state index contributed by atoms with van der Waals surface area (Å²) in [4.78, 5) is 48.1. The Morgan fingerprint density at radius 1 is 1.00 bits per heavy atom. The molecule has 6 rings (SSSR count). The summed E-state index contributed by atoms with van der Waals surface area (Å²) in [5, 5.41) is 0. The van der Waals surface area contributed by atoms with Gasteiger partial charge in [0.25, 0.3) is 11.8 Å². The van der Waals surface area contributed by atoms with E-state index in [-0.39, 0.29) is 24.1 Å². The molecule has 1 aliphatic heterocycles. The number of anilines is 1. The number of carbonyl (C=O) groups excluding carboxylic acids is 3. The molecule has 0 radical (unpaired) electrons. The summed E-state index contributed by atoms with van der Waals surface area (Å²) in [6.07, 6.45) is 7.32. The molecule has 40 heavy (non-hydrogen) atoms. The van der Waals surface area contributed by atoms with Crippen LogP contribution >= 0.6 is 0 Å². The van der Waals surface area contributed by atoms with Crippen LogP contribution in [0.4, 0.5) is 5.69 Å². The van der Waals surface area contributed by atoms with E-state index in [1.807, 2.05) is 49.4 Å². The van der Waals surface area contributed by atoms with Gasteiger partial charge in [-0.3, -0.25) is 14.4 Å². The van der Waals surface area contributed by atoms with Crippen LogP contribution in [0.5, 0.6) is 0 Å². The van der Waals surface area contributed by atoms with Crippen LogP contribution in [0.1, 0.15) is 54.4 Å². The second-order valence-corrected chi connectivity index (χ2v) is 10.5. The third-order valence-corrected chi connectivity index (χ3v) is 7.86. The Hall–Kier alpha value is -4.52. The van der Waals surface area contributed by atoms with Crippen LogP contribution in [0.3, 0.4) is 0 Å². The van der Waals surface area contributed by atoms with Crippen molar-refractivity contribution in [2.75, 3.05) is 11.4 Å². The highest BCUT2D eigenvalue weighted by Crippen LogP contribution is 2.31. The number of carbonyl (C=O) groups is 3. The quantitative estimate of drug-likeness (QED) is 0.201. The molecule has 0 spiro atoms. The molecular weight excluding hydrogens is 502 g/mol. The molecule has 1 saturated heterocycles. The van der Waals surface area contributed by atoms with Gasteiger partial charge in [0, 0.05) is 17.7 Å². The molecule has 7 heteroatoms. The Kier molecular flexibility index (Phi) is 7.03. The van der Waals surface area contributed by atoms with E-state index in [0.29, 0.717) is 35.7 Å². The van der Waals surface area contributed by atoms with Crippen molar-refractivity contribution in [3.8, 4) is 11.5 Å². The smallest absolute Gasteiger partial charge is 0.257 e. The number of imide groups is 1. The number of oxazole rings is 1. The van der Waals surface area contributed by atoms with Crippen molar-refractivity contribution >= 4 is 34.5 Å². The van der Waals surface area contributed by atoms with Gasteiger partial charge in [0.15, 0.2) is 5.58 Å². The van der Waals surface area contributed by atoms with Crippen molar-refractivity contribution in [2.24, 2.45) is 0 Å². The lowest BCUT2D eigenvalue weighted by molar-refractivity contribution is -0.122. The number of para-hydroxylation sites is 2. The first-order valence-corrected chi connectivity index (χ1v) is 13.9. The maximum Gasteiger partial charge on any atom is 0.257 e. The van der Waals surface area contributed by atoms with E-state index >= 15 is 0 Å². The molecule has 1 unspecified atom stereocenters. The van der Waals surface area contributed by atoms with Gasteiger partial charge in [0.1, 0.15) is 11.6 Å². The van der Waals surface area contributed by atoms with Gasteiger partial charge in [-0.2, -0.15) is 0 Å². The highest BCUT2D eigenvalue weighted by atomic mass is 16.3. The zero-order valence-electron chi connectivity index (χ0n) is 22.5. The number of benzene rings is 3. The largest absolute Gasteiger partial charge is 0.436 e. The molecule has 2 aliphatic rings. The first-order chi connectivity index (χ1) is 19.5. The lowest BCUT2D eigenvalue weighted by Crippen LogP contribution is -2.46. The standard InChI is InChI=1S/C33H31N3O4/c1-22-9-5-6-12-26(22)32(38)35(20-19-23-10-3-2-4-11-23)28-21-30(37)36(33(28)39)25-17-15-24(16-18-25)31-34-27-13-7-8-14-29(27)40-31/h5-10,12-18,28H,2-4,11,19-21H2,1H3. The average Bonchev–Trinajstić information content (AvgIpc) is 3.54. The molecule has 3 aromatic carbocycles. The Morgan fingerprint density at radius 2 is 1.77 bits per heavy atom. The van der Waals surface area contributed by atoms with Gasteiger partial charge in [-0.05, 0) is 87.1 Å². The van der Waals surface area contributed by atoms with Crippen LogP contribution in [-0.2, 0) is 9.59 Å². The Bertz CT molecular complexity index is 1590. The van der Waals surface area contributed by atoms with E-state index in [1.54, 1.807) is 35.2 Å². The fourth-order valence-corrected chi connectivity index (χ4v) is 5.64. The number of allylic oxidation sites excluding steroid dienone is 1. The summed E-state index contributed by atoms with van der Waals surface area (Å²) in [6.45, 7) is 2.29. The molecule has 1 aliphatic carbocycles. The first-order valence-electron chi connectivity index (χ1n) is 13.9. The summed E-state index contributed by atoms with van der Waals surface area (Å²) in [7, 11) is 0. The minimum atomic E-state index is -0.847. The molecule has 1 atom stereocenters. The Labute approximate surface area is 233 Å². The molecule has 4 aromatic rings. The van der Waals surface area contributed by atoms with E-state index in [9.17, 15) is 14.4 Å². The van der Waals surface area contributed by atoms with E-state index in [1.165, 1.54) is 16.9 Å². The number of rotatable bonds is 7. The molecule has 2 heterocycles. The minimum Gasteiger partial charge on any atom is -0.436 e. The molecule has 3 amide bonds. The van der Waals surface area contributed by atoms with Crippen molar-refractivity contribution in [2.45, 2.75) is 51.5 Å². The van der Waals surface area contributed by atoms with Gasteiger partial charge >= 0.3 is 0 Å². The van der Waals surface area contributed by atoms with Gasteiger partial charge in [0.2, 0.25) is 11.8 Å². The number of amides is 3. The highest BCUT2D eigenvalue weighted by Gasteiger charge is 2.44. The van der Waals surface area contributed by atoms with Gasteiger partial charge in [0.05, 0.1) is 12.1 Å². The van der Waals surface area contributed by atoms with Crippen LogP contribution in [0, 0.1) is 6.92 Å². The van der Waals surface area contributed by atoms with Crippen LogP contribution in [0.2, 0.25) is 0 Å². The molecule has 202 valence electrons. The number of nitrogens with zero attached hydrogens (tertiary/aromatic N) is 3. The zero-order valence-corrected chi connectivity index (χ0v) is 22.5. The fourth-order valence-electron chi connectivity index (χ4n) is 5.64. The van der Waals surface area contributed by atoms with Gasteiger partial charge in [-0.1, -0.05) is 42.0 Å². The second-order valence-electron chi connectivity index (χ2n) is 10.5. The summed E-state index contributed by atoms with van der Waals surface area (Å²) in [5.74, 6) is -0.436.